The van der Waals surface area contributed by atoms with Crippen molar-refractivity contribution in [3.63, 3.8) is 0 Å². The van der Waals surface area contributed by atoms with Crippen LogP contribution in [0.25, 0.3) is 0 Å². The summed E-state index contributed by atoms with van der Waals surface area (Å²) in [6.07, 6.45) is 1.13. The number of aromatic carboxylic acids is 1. The van der Waals surface area contributed by atoms with Crippen LogP contribution in [0.2, 0.25) is 10.0 Å². The van der Waals surface area contributed by atoms with E-state index in [1.165, 1.54) is 18.2 Å². The minimum atomic E-state index is -1.41. The van der Waals surface area contributed by atoms with E-state index in [1.807, 2.05) is 0 Å². The standard InChI is InChI=1S/C12H6Cl2FNO3/c13-6-1-2-9(8(14)5-6)19-11-10(15)7(12(17)18)3-4-16-11/h1-5H,(H,17,18). The van der Waals surface area contributed by atoms with Crippen molar-refractivity contribution in [2.24, 2.45) is 0 Å². The van der Waals surface area contributed by atoms with Gasteiger partial charge in [-0.2, -0.15) is 0 Å². The Hall–Kier alpha value is -1.85. The number of hydrogen-bond donors (Lipinski definition) is 1. The summed E-state index contributed by atoms with van der Waals surface area (Å²) in [7, 11) is 0. The van der Waals surface area contributed by atoms with E-state index in [1.54, 1.807) is 0 Å². The minimum absolute atomic E-state index is 0.125. The van der Waals surface area contributed by atoms with Crippen LogP contribution in [0, 0.1) is 5.82 Å². The maximum atomic E-state index is 13.8. The smallest absolute Gasteiger partial charge is 0.338 e. The molecule has 0 saturated heterocycles. The van der Waals surface area contributed by atoms with Crippen molar-refractivity contribution >= 4 is 29.2 Å². The molecular weight excluding hydrogens is 296 g/mol. The van der Waals surface area contributed by atoms with Gasteiger partial charge >= 0.3 is 5.97 Å². The van der Waals surface area contributed by atoms with E-state index in [0.717, 1.165) is 12.3 Å². The van der Waals surface area contributed by atoms with Crippen LogP contribution in [0.5, 0.6) is 11.6 Å². The van der Waals surface area contributed by atoms with Gasteiger partial charge in [0.15, 0.2) is 5.82 Å². The summed E-state index contributed by atoms with van der Waals surface area (Å²) in [5.74, 6) is -2.82. The topological polar surface area (TPSA) is 59.4 Å². The van der Waals surface area contributed by atoms with Gasteiger partial charge in [-0.15, -0.1) is 0 Å². The fraction of sp³-hybridized carbons (Fsp3) is 0. The first-order chi connectivity index (χ1) is 8.99. The van der Waals surface area contributed by atoms with Gasteiger partial charge in [0, 0.05) is 11.2 Å². The molecule has 2 rings (SSSR count). The SMILES string of the molecule is O=C(O)c1ccnc(Oc2ccc(Cl)cc2Cl)c1F. The van der Waals surface area contributed by atoms with Gasteiger partial charge < -0.3 is 9.84 Å². The van der Waals surface area contributed by atoms with E-state index in [-0.39, 0.29) is 10.8 Å². The number of carboxylic acid groups (broad SMARTS) is 1. The van der Waals surface area contributed by atoms with Crippen molar-refractivity contribution in [1.82, 2.24) is 4.98 Å². The molecule has 7 heteroatoms. The summed E-state index contributed by atoms with van der Waals surface area (Å²) in [5, 5.41) is 9.34. The van der Waals surface area contributed by atoms with Gasteiger partial charge in [0.1, 0.15) is 11.3 Å². The van der Waals surface area contributed by atoms with Crippen molar-refractivity contribution in [3.8, 4) is 11.6 Å². The molecule has 0 aliphatic rings. The Morgan fingerprint density at radius 3 is 2.68 bits per heavy atom. The minimum Gasteiger partial charge on any atom is -0.478 e. The van der Waals surface area contributed by atoms with Gasteiger partial charge in [0.05, 0.1) is 5.02 Å². The fourth-order valence-electron chi connectivity index (χ4n) is 1.32. The predicted octanol–water partition coefficient (Wildman–Crippen LogP) is 4.02. The third-order valence-corrected chi connectivity index (χ3v) is 2.72. The molecule has 19 heavy (non-hydrogen) atoms. The largest absolute Gasteiger partial charge is 0.478 e. The van der Waals surface area contributed by atoms with E-state index in [9.17, 15) is 9.18 Å². The Morgan fingerprint density at radius 1 is 1.32 bits per heavy atom. The van der Waals surface area contributed by atoms with E-state index < -0.39 is 23.2 Å². The van der Waals surface area contributed by atoms with Crippen LogP contribution < -0.4 is 4.74 Å². The number of benzene rings is 1. The van der Waals surface area contributed by atoms with Gasteiger partial charge in [-0.3, -0.25) is 0 Å². The molecule has 0 atom stereocenters. The van der Waals surface area contributed by atoms with Gasteiger partial charge in [-0.25, -0.2) is 14.2 Å². The number of nitrogens with zero attached hydrogens (tertiary/aromatic N) is 1. The van der Waals surface area contributed by atoms with Crippen LogP contribution in [-0.2, 0) is 0 Å². The summed E-state index contributed by atoms with van der Waals surface area (Å²) in [6.45, 7) is 0. The maximum absolute atomic E-state index is 13.8. The third-order valence-electron chi connectivity index (χ3n) is 2.19. The molecule has 0 radical (unpaired) electrons. The van der Waals surface area contributed by atoms with E-state index in [4.69, 9.17) is 33.0 Å². The summed E-state index contributed by atoms with van der Waals surface area (Å²) in [4.78, 5) is 14.4. The highest BCUT2D eigenvalue weighted by Gasteiger charge is 2.17. The zero-order valence-corrected chi connectivity index (χ0v) is 10.7. The van der Waals surface area contributed by atoms with Crippen LogP contribution in [0.4, 0.5) is 4.39 Å². The van der Waals surface area contributed by atoms with Gasteiger partial charge in [0.25, 0.3) is 5.88 Å². The quantitative estimate of drug-likeness (QED) is 0.930. The molecule has 1 N–H and O–H groups in total. The lowest BCUT2D eigenvalue weighted by Gasteiger charge is -2.08. The number of hydrogen-bond acceptors (Lipinski definition) is 3. The maximum Gasteiger partial charge on any atom is 0.338 e. The van der Waals surface area contributed by atoms with Crippen molar-refractivity contribution in [2.45, 2.75) is 0 Å². The van der Waals surface area contributed by atoms with Gasteiger partial charge in [0.2, 0.25) is 0 Å². The molecule has 0 aliphatic carbocycles. The predicted molar refractivity (Wildman–Crippen MR) is 67.7 cm³/mol. The zero-order chi connectivity index (χ0) is 14.0. The molecule has 0 saturated carbocycles. The highest BCUT2D eigenvalue weighted by molar-refractivity contribution is 6.35. The summed E-state index contributed by atoms with van der Waals surface area (Å²) < 4.78 is 18.9. The lowest BCUT2D eigenvalue weighted by molar-refractivity contribution is 0.0690. The van der Waals surface area contributed by atoms with Crippen molar-refractivity contribution in [1.29, 1.82) is 0 Å². The molecule has 0 bridgehead atoms. The number of halogens is 3. The van der Waals surface area contributed by atoms with Crippen LogP contribution in [0.3, 0.4) is 0 Å². The number of aromatic nitrogens is 1. The Kier molecular flexibility index (Phi) is 3.87. The average molecular weight is 302 g/mol. The Labute approximate surface area is 117 Å². The molecule has 0 fully saturated rings. The zero-order valence-electron chi connectivity index (χ0n) is 9.23. The van der Waals surface area contributed by atoms with Crippen molar-refractivity contribution in [3.05, 3.63) is 51.9 Å². The monoisotopic (exact) mass is 301 g/mol. The highest BCUT2D eigenvalue weighted by atomic mass is 35.5. The van der Waals surface area contributed by atoms with Crippen molar-refractivity contribution < 1.29 is 19.0 Å². The van der Waals surface area contributed by atoms with Crippen LogP contribution in [0.1, 0.15) is 10.4 Å². The molecule has 1 heterocycles. The first-order valence-electron chi connectivity index (χ1n) is 4.99. The van der Waals surface area contributed by atoms with Crippen LogP contribution in [-0.4, -0.2) is 16.1 Å². The molecule has 1 aromatic carbocycles. The summed E-state index contributed by atoms with van der Waals surface area (Å²) in [6, 6.07) is 5.38. The summed E-state index contributed by atoms with van der Waals surface area (Å²) in [5.41, 5.74) is -0.532. The Balaban J connectivity index is 2.38. The van der Waals surface area contributed by atoms with E-state index in [2.05, 4.69) is 4.98 Å². The van der Waals surface area contributed by atoms with E-state index in [0.29, 0.717) is 5.02 Å². The second-order valence-electron chi connectivity index (χ2n) is 3.46. The summed E-state index contributed by atoms with van der Waals surface area (Å²) >= 11 is 11.6. The molecular formula is C12H6Cl2FNO3. The molecule has 4 nitrogen and oxygen atoms in total. The second-order valence-corrected chi connectivity index (χ2v) is 4.30. The number of carboxylic acids is 1. The molecule has 98 valence electrons. The normalized spacial score (nSPS) is 10.3. The highest BCUT2D eigenvalue weighted by Crippen LogP contribution is 2.32. The molecule has 2 aromatic rings. The average Bonchev–Trinajstić information content (AvgIpc) is 2.34. The number of rotatable bonds is 3. The fourth-order valence-corrected chi connectivity index (χ4v) is 1.77. The lowest BCUT2D eigenvalue weighted by atomic mass is 10.2. The number of pyridine rings is 1. The molecule has 0 unspecified atom stereocenters. The van der Waals surface area contributed by atoms with Gasteiger partial charge in [-0.05, 0) is 24.3 Å². The molecule has 0 spiro atoms. The number of carbonyl (C=O) groups is 1. The second kappa shape index (κ2) is 5.42. The van der Waals surface area contributed by atoms with Crippen LogP contribution >= 0.6 is 23.2 Å². The van der Waals surface area contributed by atoms with E-state index >= 15 is 0 Å². The van der Waals surface area contributed by atoms with Crippen molar-refractivity contribution in [2.75, 3.05) is 0 Å². The van der Waals surface area contributed by atoms with Gasteiger partial charge in [-0.1, -0.05) is 23.2 Å². The first kappa shape index (κ1) is 13.6. The van der Waals surface area contributed by atoms with Crippen LogP contribution in [0.15, 0.2) is 30.5 Å². The first-order valence-corrected chi connectivity index (χ1v) is 5.75. The molecule has 0 amide bonds. The Morgan fingerprint density at radius 2 is 2.05 bits per heavy atom. The number of ether oxygens (including phenoxy) is 1. The molecule has 1 aromatic heterocycles. The Bertz CT molecular complexity index is 649. The third kappa shape index (κ3) is 2.94. The lowest BCUT2D eigenvalue weighted by Crippen LogP contribution is -2.03. The molecule has 0 aliphatic heterocycles.